The zero-order chi connectivity index (χ0) is 20.0. The molecular weight excluding hydrogens is 408 g/mol. The topological polar surface area (TPSA) is 95.6 Å². The van der Waals surface area contributed by atoms with E-state index in [2.05, 4.69) is 12.1 Å². The molecule has 3 aromatic heterocycles. The predicted molar refractivity (Wildman–Crippen MR) is 114 cm³/mol. The minimum atomic E-state index is -0.538. The Morgan fingerprint density at radius 3 is 2.29 bits per heavy atom. The van der Waals surface area contributed by atoms with Gasteiger partial charge >= 0.3 is 0 Å². The fraction of sp³-hybridized carbons (Fsp3) is 0.150. The van der Waals surface area contributed by atoms with Gasteiger partial charge in [-0.15, -0.1) is 34.0 Å². The molecule has 8 heteroatoms. The van der Waals surface area contributed by atoms with Crippen LogP contribution >= 0.6 is 34.0 Å². The van der Waals surface area contributed by atoms with Crippen LogP contribution in [0, 0.1) is 36.5 Å². The maximum absolute atomic E-state index is 13.0. The van der Waals surface area contributed by atoms with Gasteiger partial charge in [-0.25, -0.2) is 0 Å². The molecular formula is C20H14N4OS3. The second kappa shape index (κ2) is 6.92. The summed E-state index contributed by atoms with van der Waals surface area (Å²) in [4.78, 5) is 17.1. The molecule has 28 heavy (non-hydrogen) atoms. The van der Waals surface area contributed by atoms with Crippen LogP contribution in [0.3, 0.4) is 0 Å². The first-order chi connectivity index (χ1) is 13.4. The zero-order valence-electron chi connectivity index (χ0n) is 15.0. The highest BCUT2D eigenvalue weighted by atomic mass is 32.1. The molecule has 4 heterocycles. The molecule has 0 aliphatic carbocycles. The zero-order valence-corrected chi connectivity index (χ0v) is 17.5. The van der Waals surface area contributed by atoms with Gasteiger partial charge in [-0.05, 0) is 44.2 Å². The van der Waals surface area contributed by atoms with Gasteiger partial charge in [-0.1, -0.05) is 0 Å². The first-order valence-electron chi connectivity index (χ1n) is 8.35. The van der Waals surface area contributed by atoms with Crippen LogP contribution in [-0.2, 0) is 0 Å². The number of allylic oxidation sites excluding steroid dienone is 1. The Morgan fingerprint density at radius 1 is 1.04 bits per heavy atom. The van der Waals surface area contributed by atoms with E-state index in [1.807, 2.05) is 44.2 Å². The summed E-state index contributed by atoms with van der Waals surface area (Å²) in [5, 5.41) is 19.6. The minimum Gasteiger partial charge on any atom is -0.384 e. The number of hydrogen-bond acceptors (Lipinski definition) is 7. The Labute approximate surface area is 172 Å². The van der Waals surface area contributed by atoms with E-state index >= 15 is 0 Å². The molecule has 138 valence electrons. The van der Waals surface area contributed by atoms with E-state index in [9.17, 15) is 15.3 Å². The van der Waals surface area contributed by atoms with Gasteiger partial charge in [0, 0.05) is 19.5 Å². The van der Waals surface area contributed by atoms with Crippen LogP contribution in [-0.4, -0.2) is 4.57 Å². The van der Waals surface area contributed by atoms with Gasteiger partial charge in [0.15, 0.2) is 0 Å². The molecule has 1 aliphatic heterocycles. The van der Waals surface area contributed by atoms with Gasteiger partial charge in [-0.3, -0.25) is 9.36 Å². The number of thiazole rings is 1. The number of thiophene rings is 2. The minimum absolute atomic E-state index is 0.107. The van der Waals surface area contributed by atoms with Crippen LogP contribution in [0.4, 0.5) is 0 Å². The molecule has 0 saturated heterocycles. The molecule has 2 N–H and O–H groups in total. The third-order valence-corrected chi connectivity index (χ3v) is 7.59. The summed E-state index contributed by atoms with van der Waals surface area (Å²) in [7, 11) is 0. The molecule has 0 unspecified atom stereocenters. The molecule has 3 aromatic rings. The molecule has 4 rings (SSSR count). The Kier molecular flexibility index (Phi) is 4.56. The number of hydrogen-bond donors (Lipinski definition) is 1. The molecule has 5 nitrogen and oxygen atoms in total. The molecule has 1 aliphatic rings. The third kappa shape index (κ3) is 2.83. The number of nitriles is 2. The second-order valence-corrected chi connectivity index (χ2v) is 9.99. The van der Waals surface area contributed by atoms with Gasteiger partial charge in [0.05, 0.1) is 33.7 Å². The van der Waals surface area contributed by atoms with E-state index in [1.165, 1.54) is 27.2 Å². The van der Waals surface area contributed by atoms with Crippen LogP contribution in [0.5, 0.6) is 0 Å². The standard InChI is InChI=1S/C20H14N4OS3/c1-10-3-5-12(26-10)7-16-19(25)24-18(23)13(8-21)17(14(9-22)20(24)28-16)15-6-4-11(2)27-15/h3-7,17H,23H2,1-2H3/b16-7+/t17-/m0/s1. The molecule has 0 spiro atoms. The van der Waals surface area contributed by atoms with Crippen molar-refractivity contribution < 1.29 is 0 Å². The summed E-state index contributed by atoms with van der Waals surface area (Å²) in [5.74, 6) is -0.431. The maximum atomic E-state index is 13.0. The fourth-order valence-corrected chi connectivity index (χ4v) is 6.22. The van der Waals surface area contributed by atoms with Crippen LogP contribution in [0.2, 0.25) is 0 Å². The molecule has 1 atom stereocenters. The summed E-state index contributed by atoms with van der Waals surface area (Å²) in [6.07, 6.45) is 1.81. The van der Waals surface area contributed by atoms with Gasteiger partial charge in [0.25, 0.3) is 5.56 Å². The van der Waals surface area contributed by atoms with Crippen molar-refractivity contribution in [3.8, 4) is 12.1 Å². The van der Waals surface area contributed by atoms with Crippen molar-refractivity contribution in [2.75, 3.05) is 0 Å². The largest absolute Gasteiger partial charge is 0.384 e. The third-order valence-electron chi connectivity index (χ3n) is 4.47. The number of fused-ring (bicyclic) bond motifs is 1. The monoisotopic (exact) mass is 422 g/mol. The van der Waals surface area contributed by atoms with E-state index in [-0.39, 0.29) is 17.0 Å². The van der Waals surface area contributed by atoms with Gasteiger partial charge in [0.2, 0.25) is 0 Å². The smallest absolute Gasteiger partial charge is 0.274 e. The second-order valence-electron chi connectivity index (χ2n) is 6.32. The Morgan fingerprint density at radius 2 is 1.71 bits per heavy atom. The summed E-state index contributed by atoms with van der Waals surface area (Å²) >= 11 is 4.35. The van der Waals surface area contributed by atoms with Crippen molar-refractivity contribution in [3.05, 3.63) is 68.9 Å². The molecule has 0 amide bonds. The number of nitrogens with two attached hydrogens (primary N) is 1. The maximum Gasteiger partial charge on any atom is 0.274 e. The lowest BCUT2D eigenvalue weighted by Crippen LogP contribution is -2.38. The average Bonchev–Trinajstić information content (AvgIpc) is 3.35. The van der Waals surface area contributed by atoms with Crippen LogP contribution < -0.4 is 20.5 Å². The van der Waals surface area contributed by atoms with Crippen molar-refractivity contribution >= 4 is 51.5 Å². The number of aromatic nitrogens is 1. The number of nitrogens with zero attached hydrogens (tertiary/aromatic N) is 3. The average molecular weight is 423 g/mol. The first-order valence-corrected chi connectivity index (χ1v) is 10.8. The van der Waals surface area contributed by atoms with Gasteiger partial charge < -0.3 is 5.73 Å². The predicted octanol–water partition coefficient (Wildman–Crippen LogP) is 2.60. The Hall–Kier alpha value is -2.91. The highest BCUT2D eigenvalue weighted by Gasteiger charge is 2.32. The van der Waals surface area contributed by atoms with Gasteiger partial charge in [0.1, 0.15) is 10.5 Å². The number of rotatable bonds is 2. The molecule has 0 bridgehead atoms. The molecule has 0 aromatic carbocycles. The summed E-state index contributed by atoms with van der Waals surface area (Å²) < 4.78 is 2.30. The lowest BCUT2D eigenvalue weighted by atomic mass is 9.89. The molecule has 0 saturated carbocycles. The highest BCUT2D eigenvalue weighted by Crippen LogP contribution is 2.38. The highest BCUT2D eigenvalue weighted by molar-refractivity contribution is 7.13. The van der Waals surface area contributed by atoms with E-state index in [0.29, 0.717) is 14.8 Å². The molecule has 0 radical (unpaired) electrons. The van der Waals surface area contributed by atoms with Crippen molar-refractivity contribution in [1.82, 2.24) is 4.57 Å². The van der Waals surface area contributed by atoms with Crippen molar-refractivity contribution in [3.63, 3.8) is 0 Å². The van der Waals surface area contributed by atoms with E-state index in [4.69, 9.17) is 5.73 Å². The first kappa shape index (κ1) is 18.5. The quantitative estimate of drug-likeness (QED) is 0.687. The van der Waals surface area contributed by atoms with E-state index in [0.717, 1.165) is 19.5 Å². The lowest BCUT2D eigenvalue weighted by Gasteiger charge is -2.20. The normalized spacial score (nSPS) is 16.8. The SMILES string of the molecule is Cc1ccc(/C=c2/sc3n(c2=O)C(N)=C(C#N)[C@H](c2ccc(C)s2)C=3C#N)s1. The lowest BCUT2D eigenvalue weighted by molar-refractivity contribution is 0.914. The summed E-state index contributed by atoms with van der Waals surface area (Å²) in [6.45, 7) is 3.97. The van der Waals surface area contributed by atoms with Gasteiger partial charge in [-0.2, -0.15) is 10.5 Å². The van der Waals surface area contributed by atoms with E-state index in [1.54, 1.807) is 11.3 Å². The van der Waals surface area contributed by atoms with Crippen molar-refractivity contribution in [2.24, 2.45) is 5.73 Å². The summed E-state index contributed by atoms with van der Waals surface area (Å²) in [5.41, 5.74) is 6.59. The molecule has 0 fully saturated rings. The fourth-order valence-electron chi connectivity index (χ4n) is 3.20. The Balaban J connectivity index is 2.07. The van der Waals surface area contributed by atoms with E-state index < -0.39 is 5.92 Å². The van der Waals surface area contributed by atoms with Crippen molar-refractivity contribution in [1.29, 1.82) is 10.5 Å². The van der Waals surface area contributed by atoms with Crippen LogP contribution in [0.25, 0.3) is 17.5 Å². The summed E-state index contributed by atoms with van der Waals surface area (Å²) in [6, 6.07) is 12.2. The van der Waals surface area contributed by atoms with Crippen molar-refractivity contribution in [2.45, 2.75) is 19.8 Å². The van der Waals surface area contributed by atoms with Crippen LogP contribution in [0.15, 0.2) is 34.6 Å². The number of aryl methyl sites for hydroxylation is 2. The Bertz CT molecular complexity index is 1400. The van der Waals surface area contributed by atoms with Crippen LogP contribution in [0.1, 0.15) is 25.4 Å².